The Morgan fingerprint density at radius 2 is 1.00 bits per heavy atom. The summed E-state index contributed by atoms with van der Waals surface area (Å²) in [5, 5.41) is 0. The molecule has 0 bridgehead atoms. The van der Waals surface area contributed by atoms with Crippen LogP contribution in [0.1, 0.15) is 117 Å². The fraction of sp³-hybridized carbons (Fsp3) is 1.00. The van der Waals surface area contributed by atoms with Crippen LogP contribution in [0.15, 0.2) is 0 Å². The van der Waals surface area contributed by atoms with Crippen molar-refractivity contribution in [1.29, 1.82) is 0 Å². The van der Waals surface area contributed by atoms with Gasteiger partial charge in [-0.3, -0.25) is 0 Å². The van der Waals surface area contributed by atoms with E-state index in [9.17, 15) is 0 Å². The highest BCUT2D eigenvalue weighted by Crippen LogP contribution is 2.14. The van der Waals surface area contributed by atoms with Gasteiger partial charge >= 0.3 is 0 Å². The van der Waals surface area contributed by atoms with Crippen molar-refractivity contribution in [3.8, 4) is 0 Å². The van der Waals surface area contributed by atoms with Crippen LogP contribution in [0, 0.1) is 0 Å². The van der Waals surface area contributed by atoms with Crippen molar-refractivity contribution in [3.63, 3.8) is 0 Å². The number of hydrogen-bond donors (Lipinski definition) is 1. The summed E-state index contributed by atoms with van der Waals surface area (Å²) in [5.74, 6) is 0. The number of hydrogen-bond acceptors (Lipinski definition) is 3. The van der Waals surface area contributed by atoms with Crippen LogP contribution in [0.25, 0.3) is 0 Å². The fourth-order valence-electron chi connectivity index (χ4n) is 3.11. The molecule has 152 valence electrons. The Hall–Kier alpha value is 0.270. The van der Waals surface area contributed by atoms with Crippen LogP contribution in [0.5, 0.6) is 0 Å². The van der Waals surface area contributed by atoms with Crippen molar-refractivity contribution >= 4 is 12.6 Å². The van der Waals surface area contributed by atoms with E-state index in [2.05, 4.69) is 19.6 Å². The van der Waals surface area contributed by atoms with Gasteiger partial charge in [0.2, 0.25) is 0 Å². The fourth-order valence-corrected chi connectivity index (χ4v) is 3.33. The van der Waals surface area contributed by atoms with E-state index >= 15 is 0 Å². The Morgan fingerprint density at radius 1 is 0.640 bits per heavy atom. The zero-order valence-corrected chi connectivity index (χ0v) is 18.3. The van der Waals surface area contributed by atoms with Crippen LogP contribution >= 0.6 is 12.6 Å². The molecule has 0 aromatic heterocycles. The molecule has 0 N–H and O–H groups in total. The smallest absolute Gasteiger partial charge is 0.126 e. The molecule has 0 saturated carbocycles. The van der Waals surface area contributed by atoms with Gasteiger partial charge in [-0.2, -0.15) is 0 Å². The summed E-state index contributed by atoms with van der Waals surface area (Å²) in [6, 6.07) is 0. The maximum atomic E-state index is 5.65. The first-order valence-electron chi connectivity index (χ1n) is 11.0. The predicted octanol–water partition coefficient (Wildman–Crippen LogP) is 7.56. The largest absolute Gasteiger partial charge is 0.378 e. The number of rotatable bonds is 20. The molecule has 3 heteroatoms. The molecule has 0 radical (unpaired) electrons. The normalized spacial score (nSPS) is 13.9. The Labute approximate surface area is 164 Å². The van der Waals surface area contributed by atoms with E-state index in [1.807, 2.05) is 6.92 Å². The van der Waals surface area contributed by atoms with Gasteiger partial charge in [0.15, 0.2) is 0 Å². The van der Waals surface area contributed by atoms with Gasteiger partial charge in [-0.1, -0.05) is 103 Å². The van der Waals surface area contributed by atoms with Crippen molar-refractivity contribution in [3.05, 3.63) is 0 Å². The van der Waals surface area contributed by atoms with Crippen LogP contribution in [-0.4, -0.2) is 25.3 Å². The summed E-state index contributed by atoms with van der Waals surface area (Å²) in [6.07, 6.45) is 22.5. The molecular weight excluding hydrogens is 328 g/mol. The second-order valence-electron chi connectivity index (χ2n) is 7.51. The third kappa shape index (κ3) is 18.8. The van der Waals surface area contributed by atoms with E-state index < -0.39 is 0 Å². The van der Waals surface area contributed by atoms with Crippen molar-refractivity contribution < 1.29 is 9.47 Å². The molecule has 0 aliphatic carbocycles. The lowest BCUT2D eigenvalue weighted by molar-refractivity contribution is -0.00143. The Balaban J connectivity index is 3.07. The van der Waals surface area contributed by atoms with E-state index in [0.717, 1.165) is 13.0 Å². The van der Waals surface area contributed by atoms with E-state index in [1.165, 1.54) is 96.3 Å². The van der Waals surface area contributed by atoms with Crippen LogP contribution in [0.4, 0.5) is 0 Å². The minimum absolute atomic E-state index is 0.0596. The van der Waals surface area contributed by atoms with Gasteiger partial charge in [0.05, 0.1) is 6.10 Å². The molecule has 0 amide bonds. The number of methoxy groups -OCH3 is 1. The average Bonchev–Trinajstić information content (AvgIpc) is 2.63. The Kier molecular flexibility index (Phi) is 20.8. The summed E-state index contributed by atoms with van der Waals surface area (Å²) in [7, 11) is 1.70. The van der Waals surface area contributed by atoms with Crippen LogP contribution in [-0.2, 0) is 9.47 Å². The molecule has 0 fully saturated rings. The lowest BCUT2D eigenvalue weighted by Crippen LogP contribution is -2.23. The van der Waals surface area contributed by atoms with E-state index in [-0.39, 0.29) is 11.5 Å². The molecule has 2 nitrogen and oxygen atoms in total. The minimum atomic E-state index is -0.0960. The van der Waals surface area contributed by atoms with E-state index in [4.69, 9.17) is 9.47 Å². The van der Waals surface area contributed by atoms with Gasteiger partial charge in [-0.15, -0.1) is 12.6 Å². The average molecular weight is 375 g/mol. The van der Waals surface area contributed by atoms with Gasteiger partial charge < -0.3 is 9.47 Å². The summed E-state index contributed by atoms with van der Waals surface area (Å²) in [5.41, 5.74) is -0.0960. The SMILES string of the molecule is CCCCCCCCCCCCCCCCCCOC(S)C(C)OC. The second-order valence-corrected chi connectivity index (χ2v) is 8.01. The number of unbranched alkanes of at least 4 members (excludes halogenated alkanes) is 15. The van der Waals surface area contributed by atoms with Crippen molar-refractivity contribution in [2.75, 3.05) is 13.7 Å². The van der Waals surface area contributed by atoms with Crippen LogP contribution < -0.4 is 0 Å². The summed E-state index contributed by atoms with van der Waals surface area (Å²) >= 11 is 4.39. The summed E-state index contributed by atoms with van der Waals surface area (Å²) in [4.78, 5) is 0. The molecular formula is C22H46O2S. The standard InChI is InChI=1S/C22H46O2S/c1-4-5-6-7-8-9-10-11-12-13-14-15-16-17-18-19-20-24-22(25)21(2)23-3/h21-22,25H,4-20H2,1-3H3. The molecule has 0 aromatic rings. The number of thiol groups is 1. The second kappa shape index (κ2) is 20.6. The third-order valence-corrected chi connectivity index (χ3v) is 5.63. The highest BCUT2D eigenvalue weighted by atomic mass is 32.1. The van der Waals surface area contributed by atoms with E-state index in [0.29, 0.717) is 0 Å². The molecule has 0 spiro atoms. The zero-order chi connectivity index (χ0) is 18.6. The lowest BCUT2D eigenvalue weighted by Gasteiger charge is -2.18. The van der Waals surface area contributed by atoms with Gasteiger partial charge in [0.1, 0.15) is 5.44 Å². The quantitative estimate of drug-likeness (QED) is 0.135. The Morgan fingerprint density at radius 3 is 1.36 bits per heavy atom. The first-order valence-corrected chi connectivity index (χ1v) is 11.6. The predicted molar refractivity (Wildman–Crippen MR) is 115 cm³/mol. The van der Waals surface area contributed by atoms with Gasteiger partial charge in [-0.25, -0.2) is 0 Å². The molecule has 25 heavy (non-hydrogen) atoms. The Bertz CT molecular complexity index is 248. The van der Waals surface area contributed by atoms with Crippen molar-refractivity contribution in [2.24, 2.45) is 0 Å². The molecule has 0 aliphatic heterocycles. The molecule has 0 aliphatic rings. The molecule has 0 aromatic carbocycles. The summed E-state index contributed by atoms with van der Waals surface area (Å²) < 4.78 is 10.8. The molecule has 0 rings (SSSR count). The lowest BCUT2D eigenvalue weighted by atomic mass is 10.0. The number of ether oxygens (including phenoxy) is 2. The molecule has 2 atom stereocenters. The van der Waals surface area contributed by atoms with Crippen molar-refractivity contribution in [2.45, 2.75) is 128 Å². The first-order chi connectivity index (χ1) is 12.2. The first kappa shape index (κ1) is 25.3. The third-order valence-electron chi connectivity index (χ3n) is 5.06. The van der Waals surface area contributed by atoms with E-state index in [1.54, 1.807) is 7.11 Å². The molecule has 0 heterocycles. The van der Waals surface area contributed by atoms with Crippen LogP contribution in [0.2, 0.25) is 0 Å². The highest BCUT2D eigenvalue weighted by molar-refractivity contribution is 7.80. The maximum Gasteiger partial charge on any atom is 0.126 e. The molecule has 0 saturated heterocycles. The maximum absolute atomic E-state index is 5.65. The topological polar surface area (TPSA) is 18.5 Å². The molecule has 2 unspecified atom stereocenters. The monoisotopic (exact) mass is 374 g/mol. The highest BCUT2D eigenvalue weighted by Gasteiger charge is 2.11. The zero-order valence-electron chi connectivity index (χ0n) is 17.4. The van der Waals surface area contributed by atoms with Crippen molar-refractivity contribution in [1.82, 2.24) is 0 Å². The van der Waals surface area contributed by atoms with Gasteiger partial charge in [0, 0.05) is 13.7 Å². The summed E-state index contributed by atoms with van der Waals surface area (Å²) in [6.45, 7) is 5.09. The van der Waals surface area contributed by atoms with Crippen LogP contribution in [0.3, 0.4) is 0 Å². The van der Waals surface area contributed by atoms with Gasteiger partial charge in [-0.05, 0) is 13.3 Å². The van der Waals surface area contributed by atoms with Gasteiger partial charge in [0.25, 0.3) is 0 Å². The minimum Gasteiger partial charge on any atom is -0.378 e.